The van der Waals surface area contributed by atoms with E-state index in [-0.39, 0.29) is 25.3 Å². The van der Waals surface area contributed by atoms with Gasteiger partial charge in [0.15, 0.2) is 0 Å². The summed E-state index contributed by atoms with van der Waals surface area (Å²) in [6.07, 6.45) is -4.60. The molecule has 1 heterocycles. The second-order valence-corrected chi connectivity index (χ2v) is 2.61. The molecule has 0 amide bonds. The molecule has 1 unspecified atom stereocenters. The van der Waals surface area contributed by atoms with E-state index in [0.717, 1.165) is 0 Å². The number of alkyl halides is 3. The van der Waals surface area contributed by atoms with Crippen LogP contribution < -0.4 is 5.32 Å². The van der Waals surface area contributed by atoms with Crippen molar-refractivity contribution in [2.45, 2.75) is 12.6 Å². The van der Waals surface area contributed by atoms with E-state index in [0.29, 0.717) is 0 Å². The average Bonchev–Trinajstić information content (AvgIpc) is 1.86. The van der Waals surface area contributed by atoms with E-state index in [9.17, 15) is 18.0 Å². The lowest BCUT2D eigenvalue weighted by Gasteiger charge is -2.23. The van der Waals surface area contributed by atoms with Crippen LogP contribution in [0.1, 0.15) is 6.42 Å². The number of ketones is 1. The standard InChI is InChI=1S/C6H8F3NO/c7-6(8,9)4-1-5(11)3-10-2-4/h4,10H,1-3H2. The summed E-state index contributed by atoms with van der Waals surface area (Å²) in [5.74, 6) is -1.85. The highest BCUT2D eigenvalue weighted by Gasteiger charge is 2.41. The van der Waals surface area contributed by atoms with Gasteiger partial charge in [-0.1, -0.05) is 0 Å². The third kappa shape index (κ3) is 2.18. The molecule has 0 aliphatic carbocycles. The monoisotopic (exact) mass is 167 g/mol. The van der Waals surface area contributed by atoms with Crippen molar-refractivity contribution >= 4 is 5.78 Å². The number of hydrogen-bond donors (Lipinski definition) is 1. The van der Waals surface area contributed by atoms with Gasteiger partial charge in [0.2, 0.25) is 0 Å². The fourth-order valence-corrected chi connectivity index (χ4v) is 1.04. The van der Waals surface area contributed by atoms with Crippen LogP contribution in [0.5, 0.6) is 0 Å². The second kappa shape index (κ2) is 2.81. The van der Waals surface area contributed by atoms with Gasteiger partial charge in [0.25, 0.3) is 0 Å². The Morgan fingerprint density at radius 3 is 2.45 bits per heavy atom. The van der Waals surface area contributed by atoms with Gasteiger partial charge in [0, 0.05) is 13.0 Å². The smallest absolute Gasteiger partial charge is 0.309 e. The van der Waals surface area contributed by atoms with E-state index < -0.39 is 12.1 Å². The van der Waals surface area contributed by atoms with Crippen LogP contribution in [0.15, 0.2) is 0 Å². The van der Waals surface area contributed by atoms with Crippen LogP contribution in [-0.2, 0) is 4.79 Å². The minimum absolute atomic E-state index is 0.0760. The van der Waals surface area contributed by atoms with Gasteiger partial charge in [0.1, 0.15) is 5.78 Å². The molecule has 0 aromatic rings. The number of rotatable bonds is 0. The molecule has 5 heteroatoms. The van der Waals surface area contributed by atoms with Crippen LogP contribution >= 0.6 is 0 Å². The molecule has 64 valence electrons. The molecule has 1 aliphatic heterocycles. The SMILES string of the molecule is O=C1CNCC(C(F)(F)F)C1. The Kier molecular flexibility index (Phi) is 2.17. The van der Waals surface area contributed by atoms with Gasteiger partial charge in [-0.15, -0.1) is 0 Å². The second-order valence-electron chi connectivity index (χ2n) is 2.61. The first-order valence-electron chi connectivity index (χ1n) is 3.29. The molecule has 0 aromatic carbocycles. The molecule has 11 heavy (non-hydrogen) atoms. The third-order valence-corrected chi connectivity index (χ3v) is 1.65. The minimum atomic E-state index is -4.23. The summed E-state index contributed by atoms with van der Waals surface area (Å²) in [5.41, 5.74) is 0. The van der Waals surface area contributed by atoms with Gasteiger partial charge in [0.05, 0.1) is 12.5 Å². The molecule has 1 saturated heterocycles. The largest absolute Gasteiger partial charge is 0.393 e. The number of piperidine rings is 1. The fraction of sp³-hybridized carbons (Fsp3) is 0.833. The molecule has 1 N–H and O–H groups in total. The lowest BCUT2D eigenvalue weighted by Crippen LogP contribution is -2.42. The van der Waals surface area contributed by atoms with Crippen LogP contribution in [0, 0.1) is 5.92 Å². The normalized spacial score (nSPS) is 27.2. The predicted octanol–water partition coefficient (Wildman–Crippen LogP) is 0.727. The number of hydrogen-bond acceptors (Lipinski definition) is 2. The molecule has 1 atom stereocenters. The van der Waals surface area contributed by atoms with Crippen molar-refractivity contribution in [1.29, 1.82) is 0 Å². The van der Waals surface area contributed by atoms with E-state index in [1.54, 1.807) is 0 Å². The molecular weight excluding hydrogens is 159 g/mol. The maximum Gasteiger partial charge on any atom is 0.393 e. The van der Waals surface area contributed by atoms with Gasteiger partial charge in [-0.25, -0.2) is 0 Å². The van der Waals surface area contributed by atoms with Gasteiger partial charge in [-0.2, -0.15) is 13.2 Å². The van der Waals surface area contributed by atoms with E-state index in [2.05, 4.69) is 5.32 Å². The molecule has 0 bridgehead atoms. The number of nitrogens with one attached hydrogen (secondary N) is 1. The summed E-state index contributed by atoms with van der Waals surface area (Å²) in [7, 11) is 0. The van der Waals surface area contributed by atoms with Crippen molar-refractivity contribution in [3.8, 4) is 0 Å². The Bertz CT molecular complexity index is 166. The Morgan fingerprint density at radius 2 is 2.09 bits per heavy atom. The molecule has 0 radical (unpaired) electrons. The third-order valence-electron chi connectivity index (χ3n) is 1.65. The number of carbonyl (C=O) groups is 1. The van der Waals surface area contributed by atoms with Gasteiger partial charge < -0.3 is 5.32 Å². The first-order chi connectivity index (χ1) is 5.00. The van der Waals surface area contributed by atoms with Crippen LogP contribution in [0.4, 0.5) is 13.2 Å². The van der Waals surface area contributed by atoms with Crippen LogP contribution in [0.3, 0.4) is 0 Å². The van der Waals surface area contributed by atoms with Crippen molar-refractivity contribution < 1.29 is 18.0 Å². The Balaban J connectivity index is 2.53. The van der Waals surface area contributed by atoms with Gasteiger partial charge in [-0.05, 0) is 0 Å². The van der Waals surface area contributed by atoms with Crippen LogP contribution in [-0.4, -0.2) is 25.0 Å². The molecule has 1 aliphatic rings. The van der Waals surface area contributed by atoms with E-state index in [4.69, 9.17) is 0 Å². The summed E-state index contributed by atoms with van der Waals surface area (Å²) in [5, 5.41) is 2.42. The Morgan fingerprint density at radius 1 is 1.45 bits per heavy atom. The zero-order chi connectivity index (χ0) is 8.48. The van der Waals surface area contributed by atoms with Crippen molar-refractivity contribution in [2.24, 2.45) is 5.92 Å². The van der Waals surface area contributed by atoms with Gasteiger partial charge in [-0.3, -0.25) is 4.79 Å². The highest BCUT2D eigenvalue weighted by Crippen LogP contribution is 2.29. The number of halogens is 3. The topological polar surface area (TPSA) is 29.1 Å². The van der Waals surface area contributed by atoms with Crippen LogP contribution in [0.2, 0.25) is 0 Å². The molecule has 0 spiro atoms. The summed E-state index contributed by atoms with van der Waals surface area (Å²) in [6, 6.07) is 0. The number of carbonyl (C=O) groups excluding carboxylic acids is 1. The van der Waals surface area contributed by atoms with Gasteiger partial charge >= 0.3 is 6.18 Å². The first kappa shape index (κ1) is 8.52. The average molecular weight is 167 g/mol. The fourth-order valence-electron chi connectivity index (χ4n) is 1.04. The van der Waals surface area contributed by atoms with Crippen molar-refractivity contribution in [3.63, 3.8) is 0 Å². The number of Topliss-reactive ketones (excluding diaryl/α,β-unsaturated/α-hetero) is 1. The van der Waals surface area contributed by atoms with Crippen molar-refractivity contribution in [1.82, 2.24) is 5.32 Å². The lowest BCUT2D eigenvalue weighted by atomic mass is 9.98. The summed E-state index contributed by atoms with van der Waals surface area (Å²) < 4.78 is 35.8. The predicted molar refractivity (Wildman–Crippen MR) is 32.0 cm³/mol. The van der Waals surface area contributed by atoms with E-state index in [1.165, 1.54) is 0 Å². The summed E-state index contributed by atoms with van der Waals surface area (Å²) in [4.78, 5) is 10.6. The molecular formula is C6H8F3NO. The first-order valence-corrected chi connectivity index (χ1v) is 3.29. The zero-order valence-electron chi connectivity index (χ0n) is 5.74. The molecule has 0 aromatic heterocycles. The maximum atomic E-state index is 11.9. The van der Waals surface area contributed by atoms with E-state index in [1.807, 2.05) is 0 Å². The highest BCUT2D eigenvalue weighted by atomic mass is 19.4. The highest BCUT2D eigenvalue weighted by molar-refractivity contribution is 5.81. The molecule has 1 fully saturated rings. The quantitative estimate of drug-likeness (QED) is 0.576. The zero-order valence-corrected chi connectivity index (χ0v) is 5.74. The maximum absolute atomic E-state index is 11.9. The van der Waals surface area contributed by atoms with Crippen molar-refractivity contribution in [2.75, 3.05) is 13.1 Å². The lowest BCUT2D eigenvalue weighted by molar-refractivity contribution is -0.180. The molecule has 0 saturated carbocycles. The van der Waals surface area contributed by atoms with Crippen LogP contribution in [0.25, 0.3) is 0 Å². The minimum Gasteiger partial charge on any atom is -0.309 e. The molecule has 1 rings (SSSR count). The summed E-state index contributed by atoms with van der Waals surface area (Å²) >= 11 is 0. The summed E-state index contributed by atoms with van der Waals surface area (Å²) in [6.45, 7) is -0.0537. The molecule has 2 nitrogen and oxygen atoms in total. The van der Waals surface area contributed by atoms with Crippen molar-refractivity contribution in [3.05, 3.63) is 0 Å². The van der Waals surface area contributed by atoms with E-state index >= 15 is 0 Å². The Hall–Kier alpha value is -0.580. The Labute approximate surface area is 61.8 Å².